The Hall–Kier alpha value is -2.08. The maximum atomic E-state index is 12.1. The fourth-order valence-corrected chi connectivity index (χ4v) is 1.66. The van der Waals surface area contributed by atoms with Crippen LogP contribution in [0.2, 0.25) is 0 Å². The van der Waals surface area contributed by atoms with E-state index >= 15 is 0 Å². The van der Waals surface area contributed by atoms with E-state index in [1.807, 2.05) is 6.92 Å². The summed E-state index contributed by atoms with van der Waals surface area (Å²) in [4.78, 5) is 25.0. The molecule has 0 saturated carbocycles. The highest BCUT2D eigenvalue weighted by atomic mass is 16.5. The molecular weight excluding hydrogens is 260 g/mol. The molecular formula is C14H20N2O4. The summed E-state index contributed by atoms with van der Waals surface area (Å²) in [6.45, 7) is 2.57. The number of hydrogen-bond acceptors (Lipinski definition) is 4. The Morgan fingerprint density at radius 1 is 1.40 bits per heavy atom. The van der Waals surface area contributed by atoms with Crippen LogP contribution in [0.15, 0.2) is 18.2 Å². The van der Waals surface area contributed by atoms with Crippen LogP contribution in [0.25, 0.3) is 0 Å². The van der Waals surface area contributed by atoms with E-state index in [9.17, 15) is 14.7 Å². The standard InChI is InChI=1S/C14H20N2O4/c1-10-4-5-12(17)11(8-10)14(19)16(2)9-13(18)15-6-7-20-3/h4-5,8,17H,6-7,9H2,1-3H3,(H,15,18). The van der Waals surface area contributed by atoms with Crippen LogP contribution in [0.5, 0.6) is 5.75 Å². The van der Waals surface area contributed by atoms with Crippen LogP contribution in [0, 0.1) is 6.92 Å². The van der Waals surface area contributed by atoms with Crippen molar-refractivity contribution >= 4 is 11.8 Å². The van der Waals surface area contributed by atoms with Gasteiger partial charge in [-0.05, 0) is 19.1 Å². The van der Waals surface area contributed by atoms with Crippen molar-refractivity contribution in [3.8, 4) is 5.75 Å². The van der Waals surface area contributed by atoms with Crippen molar-refractivity contribution in [2.24, 2.45) is 0 Å². The number of ether oxygens (including phenoxy) is 1. The Balaban J connectivity index is 2.62. The van der Waals surface area contributed by atoms with Crippen molar-refractivity contribution in [3.05, 3.63) is 29.3 Å². The number of phenolic OH excluding ortho intramolecular Hbond substituents is 1. The van der Waals surface area contributed by atoms with Gasteiger partial charge in [-0.3, -0.25) is 9.59 Å². The van der Waals surface area contributed by atoms with Crippen molar-refractivity contribution in [2.75, 3.05) is 33.9 Å². The molecule has 0 saturated heterocycles. The highest BCUT2D eigenvalue weighted by Gasteiger charge is 2.18. The zero-order chi connectivity index (χ0) is 15.1. The number of hydrogen-bond donors (Lipinski definition) is 2. The molecule has 1 aromatic rings. The van der Waals surface area contributed by atoms with Crippen LogP contribution in [-0.2, 0) is 9.53 Å². The SMILES string of the molecule is COCCNC(=O)CN(C)C(=O)c1cc(C)ccc1O. The maximum absolute atomic E-state index is 12.1. The molecule has 110 valence electrons. The van der Waals surface area contributed by atoms with Gasteiger partial charge in [0.1, 0.15) is 5.75 Å². The first-order valence-corrected chi connectivity index (χ1v) is 6.26. The number of aryl methyl sites for hydroxylation is 1. The molecule has 0 bridgehead atoms. The predicted octanol–water partition coefficient (Wildman–Crippen LogP) is 0.535. The summed E-state index contributed by atoms with van der Waals surface area (Å²) in [5.41, 5.74) is 1.06. The van der Waals surface area contributed by atoms with Gasteiger partial charge in [-0.2, -0.15) is 0 Å². The number of nitrogens with zero attached hydrogens (tertiary/aromatic N) is 1. The number of amides is 2. The van der Waals surface area contributed by atoms with E-state index in [1.54, 1.807) is 19.2 Å². The summed E-state index contributed by atoms with van der Waals surface area (Å²) in [6.07, 6.45) is 0. The normalized spacial score (nSPS) is 10.2. The van der Waals surface area contributed by atoms with Crippen LogP contribution in [0.1, 0.15) is 15.9 Å². The molecule has 0 spiro atoms. The first kappa shape index (κ1) is 16.0. The fourth-order valence-electron chi connectivity index (χ4n) is 1.66. The van der Waals surface area contributed by atoms with E-state index in [-0.39, 0.29) is 23.8 Å². The molecule has 0 unspecified atom stereocenters. The maximum Gasteiger partial charge on any atom is 0.257 e. The van der Waals surface area contributed by atoms with E-state index < -0.39 is 5.91 Å². The lowest BCUT2D eigenvalue weighted by Crippen LogP contribution is -2.39. The zero-order valence-corrected chi connectivity index (χ0v) is 12.0. The molecule has 0 aromatic heterocycles. The second-order valence-corrected chi connectivity index (χ2v) is 4.52. The minimum Gasteiger partial charge on any atom is -0.507 e. The summed E-state index contributed by atoms with van der Waals surface area (Å²) in [5, 5.41) is 12.3. The Labute approximate surface area is 118 Å². The van der Waals surface area contributed by atoms with Gasteiger partial charge >= 0.3 is 0 Å². The topological polar surface area (TPSA) is 78.9 Å². The first-order chi connectivity index (χ1) is 9.45. The Morgan fingerprint density at radius 3 is 2.75 bits per heavy atom. The van der Waals surface area contributed by atoms with Crippen LogP contribution >= 0.6 is 0 Å². The number of methoxy groups -OCH3 is 1. The summed E-state index contributed by atoms with van der Waals surface area (Å²) >= 11 is 0. The molecule has 0 radical (unpaired) electrons. The van der Waals surface area contributed by atoms with Crippen LogP contribution in [0.4, 0.5) is 0 Å². The smallest absolute Gasteiger partial charge is 0.257 e. The van der Waals surface area contributed by atoms with Crippen LogP contribution in [0.3, 0.4) is 0 Å². The van der Waals surface area contributed by atoms with Gasteiger partial charge in [0.25, 0.3) is 5.91 Å². The third-order valence-electron chi connectivity index (χ3n) is 2.74. The highest BCUT2D eigenvalue weighted by Crippen LogP contribution is 2.19. The number of rotatable bonds is 6. The lowest BCUT2D eigenvalue weighted by atomic mass is 10.1. The second kappa shape index (κ2) is 7.49. The molecule has 0 heterocycles. The quantitative estimate of drug-likeness (QED) is 0.745. The fraction of sp³-hybridized carbons (Fsp3) is 0.429. The van der Waals surface area contributed by atoms with Crippen LogP contribution < -0.4 is 5.32 Å². The van der Waals surface area contributed by atoms with Gasteiger partial charge in [-0.1, -0.05) is 11.6 Å². The van der Waals surface area contributed by atoms with Crippen molar-refractivity contribution in [1.82, 2.24) is 10.2 Å². The molecule has 0 aliphatic carbocycles. The number of nitrogens with one attached hydrogen (secondary N) is 1. The van der Waals surface area contributed by atoms with Gasteiger partial charge in [0, 0.05) is 20.7 Å². The number of carbonyl (C=O) groups excluding carboxylic acids is 2. The second-order valence-electron chi connectivity index (χ2n) is 4.52. The largest absolute Gasteiger partial charge is 0.507 e. The molecule has 20 heavy (non-hydrogen) atoms. The van der Waals surface area contributed by atoms with Crippen molar-refractivity contribution in [2.45, 2.75) is 6.92 Å². The van der Waals surface area contributed by atoms with Gasteiger partial charge in [0.2, 0.25) is 5.91 Å². The molecule has 6 nitrogen and oxygen atoms in total. The summed E-state index contributed by atoms with van der Waals surface area (Å²) in [5.74, 6) is -0.759. The predicted molar refractivity (Wildman–Crippen MR) is 74.7 cm³/mol. The molecule has 0 aliphatic heterocycles. The molecule has 1 aromatic carbocycles. The average molecular weight is 280 g/mol. The third kappa shape index (κ3) is 4.55. The Morgan fingerprint density at radius 2 is 2.10 bits per heavy atom. The summed E-state index contributed by atoms with van der Waals surface area (Å²) in [6, 6.07) is 4.77. The molecule has 6 heteroatoms. The number of phenols is 1. The van der Waals surface area contributed by atoms with Gasteiger partial charge in [0.15, 0.2) is 0 Å². The number of likely N-dealkylation sites (N-methyl/N-ethyl adjacent to an activating group) is 1. The van der Waals surface area contributed by atoms with E-state index in [0.29, 0.717) is 13.2 Å². The lowest BCUT2D eigenvalue weighted by molar-refractivity contribution is -0.121. The van der Waals surface area contributed by atoms with Gasteiger partial charge in [0.05, 0.1) is 18.7 Å². The van der Waals surface area contributed by atoms with Crippen LogP contribution in [-0.4, -0.2) is 55.7 Å². The molecule has 0 atom stereocenters. The lowest BCUT2D eigenvalue weighted by Gasteiger charge is -2.17. The molecule has 2 amide bonds. The average Bonchev–Trinajstić information content (AvgIpc) is 2.41. The summed E-state index contributed by atoms with van der Waals surface area (Å²) in [7, 11) is 3.06. The number of benzene rings is 1. The first-order valence-electron chi connectivity index (χ1n) is 6.26. The molecule has 0 aliphatic rings. The van der Waals surface area contributed by atoms with E-state index in [1.165, 1.54) is 18.0 Å². The minimum atomic E-state index is -0.395. The number of carbonyl (C=O) groups is 2. The molecule has 1 rings (SSSR count). The van der Waals surface area contributed by atoms with E-state index in [0.717, 1.165) is 5.56 Å². The minimum absolute atomic E-state index is 0.0735. The van der Waals surface area contributed by atoms with Crippen molar-refractivity contribution < 1.29 is 19.4 Å². The van der Waals surface area contributed by atoms with Crippen molar-refractivity contribution in [3.63, 3.8) is 0 Å². The molecule has 2 N–H and O–H groups in total. The van der Waals surface area contributed by atoms with E-state index in [2.05, 4.69) is 5.32 Å². The van der Waals surface area contributed by atoms with Gasteiger partial charge < -0.3 is 20.1 Å². The monoisotopic (exact) mass is 280 g/mol. The van der Waals surface area contributed by atoms with Gasteiger partial charge in [-0.15, -0.1) is 0 Å². The summed E-state index contributed by atoms with van der Waals surface area (Å²) < 4.78 is 4.81. The Kier molecular flexibility index (Phi) is 5.99. The van der Waals surface area contributed by atoms with E-state index in [4.69, 9.17) is 4.74 Å². The number of aromatic hydroxyl groups is 1. The Bertz CT molecular complexity index is 488. The third-order valence-corrected chi connectivity index (χ3v) is 2.74. The zero-order valence-electron chi connectivity index (χ0n) is 12.0. The van der Waals surface area contributed by atoms with Gasteiger partial charge in [-0.25, -0.2) is 0 Å². The molecule has 0 fully saturated rings. The van der Waals surface area contributed by atoms with Crippen molar-refractivity contribution in [1.29, 1.82) is 0 Å². The highest BCUT2D eigenvalue weighted by molar-refractivity contribution is 5.98.